The summed E-state index contributed by atoms with van der Waals surface area (Å²) < 4.78 is 11.4. The number of hydrogen-bond acceptors (Lipinski definition) is 3. The Kier molecular flexibility index (Phi) is 5.17. The largest absolute Gasteiger partial charge is 0.492 e. The molecule has 0 radical (unpaired) electrons. The van der Waals surface area contributed by atoms with Crippen LogP contribution < -0.4 is 10.1 Å². The van der Waals surface area contributed by atoms with E-state index < -0.39 is 0 Å². The SMILES string of the molecule is CNC(COc1cc(C)cc(C)c1)C(C)(C)OC. The predicted octanol–water partition coefficient (Wildman–Crippen LogP) is 2.70. The van der Waals surface area contributed by atoms with Crippen LogP contribution in [0.4, 0.5) is 0 Å². The first-order chi connectivity index (χ1) is 8.39. The van der Waals surface area contributed by atoms with E-state index in [1.54, 1.807) is 7.11 Å². The van der Waals surface area contributed by atoms with E-state index in [0.717, 1.165) is 5.75 Å². The Morgan fingerprint density at radius 2 is 1.72 bits per heavy atom. The van der Waals surface area contributed by atoms with Gasteiger partial charge in [0.05, 0.1) is 11.6 Å². The molecule has 1 aromatic carbocycles. The summed E-state index contributed by atoms with van der Waals surface area (Å²) in [5.74, 6) is 0.916. The van der Waals surface area contributed by atoms with E-state index >= 15 is 0 Å². The third-order valence-corrected chi connectivity index (χ3v) is 3.33. The van der Waals surface area contributed by atoms with Crippen molar-refractivity contribution < 1.29 is 9.47 Å². The zero-order chi connectivity index (χ0) is 13.8. The van der Waals surface area contributed by atoms with Gasteiger partial charge in [-0.25, -0.2) is 0 Å². The molecule has 3 nitrogen and oxygen atoms in total. The van der Waals surface area contributed by atoms with E-state index in [-0.39, 0.29) is 11.6 Å². The van der Waals surface area contributed by atoms with Crippen molar-refractivity contribution in [2.45, 2.75) is 39.3 Å². The minimum absolute atomic E-state index is 0.142. The van der Waals surface area contributed by atoms with Gasteiger partial charge in [0.1, 0.15) is 12.4 Å². The quantitative estimate of drug-likeness (QED) is 0.843. The summed E-state index contributed by atoms with van der Waals surface area (Å²) in [6, 6.07) is 6.39. The molecule has 1 rings (SSSR count). The number of aryl methyl sites for hydroxylation is 2. The highest BCUT2D eigenvalue weighted by Crippen LogP contribution is 2.19. The van der Waals surface area contributed by atoms with E-state index in [0.29, 0.717) is 6.61 Å². The first-order valence-electron chi connectivity index (χ1n) is 6.32. The highest BCUT2D eigenvalue weighted by Gasteiger charge is 2.28. The summed E-state index contributed by atoms with van der Waals surface area (Å²) in [5, 5.41) is 3.24. The van der Waals surface area contributed by atoms with Gasteiger partial charge in [-0.15, -0.1) is 0 Å². The Hall–Kier alpha value is -1.06. The Bertz CT molecular complexity index is 368. The lowest BCUT2D eigenvalue weighted by Crippen LogP contribution is -2.50. The Morgan fingerprint density at radius 3 is 2.17 bits per heavy atom. The Morgan fingerprint density at radius 1 is 1.17 bits per heavy atom. The topological polar surface area (TPSA) is 30.5 Å². The molecule has 0 saturated carbocycles. The standard InChI is InChI=1S/C15H25NO2/c1-11-7-12(2)9-13(8-11)18-10-14(16-5)15(3,4)17-6/h7-9,14,16H,10H2,1-6H3. The van der Waals surface area contributed by atoms with Crippen molar-refractivity contribution in [3.05, 3.63) is 29.3 Å². The van der Waals surface area contributed by atoms with Gasteiger partial charge >= 0.3 is 0 Å². The first-order valence-corrected chi connectivity index (χ1v) is 6.32. The second-order valence-electron chi connectivity index (χ2n) is 5.28. The van der Waals surface area contributed by atoms with Crippen LogP contribution in [0.25, 0.3) is 0 Å². The van der Waals surface area contributed by atoms with Crippen molar-refractivity contribution in [2.75, 3.05) is 20.8 Å². The highest BCUT2D eigenvalue weighted by molar-refractivity contribution is 5.33. The molecule has 18 heavy (non-hydrogen) atoms. The van der Waals surface area contributed by atoms with Crippen LogP contribution in [0.1, 0.15) is 25.0 Å². The molecule has 0 heterocycles. The number of nitrogens with one attached hydrogen (secondary N) is 1. The molecule has 0 aliphatic rings. The van der Waals surface area contributed by atoms with E-state index in [1.807, 2.05) is 7.05 Å². The van der Waals surface area contributed by atoms with Crippen LogP contribution in [-0.4, -0.2) is 32.4 Å². The number of likely N-dealkylation sites (N-methyl/N-ethyl adjacent to an activating group) is 1. The molecule has 3 heteroatoms. The molecule has 102 valence electrons. The van der Waals surface area contributed by atoms with Crippen LogP contribution in [0.15, 0.2) is 18.2 Å². The maximum Gasteiger partial charge on any atom is 0.119 e. The van der Waals surface area contributed by atoms with Crippen molar-refractivity contribution in [1.29, 1.82) is 0 Å². The van der Waals surface area contributed by atoms with Gasteiger partial charge in [0.25, 0.3) is 0 Å². The maximum absolute atomic E-state index is 5.87. The molecule has 0 spiro atoms. The second-order valence-corrected chi connectivity index (χ2v) is 5.28. The molecule has 0 amide bonds. The number of hydrogen-bond donors (Lipinski definition) is 1. The van der Waals surface area contributed by atoms with E-state index in [9.17, 15) is 0 Å². The lowest BCUT2D eigenvalue weighted by atomic mass is 9.99. The molecule has 0 bridgehead atoms. The van der Waals surface area contributed by atoms with Gasteiger partial charge in [0.2, 0.25) is 0 Å². The Labute approximate surface area is 110 Å². The number of rotatable bonds is 6. The average Bonchev–Trinajstić information content (AvgIpc) is 2.28. The van der Waals surface area contributed by atoms with Gasteiger partial charge in [-0.05, 0) is 58.0 Å². The smallest absolute Gasteiger partial charge is 0.119 e. The van der Waals surface area contributed by atoms with E-state index in [1.165, 1.54) is 11.1 Å². The molecule has 1 unspecified atom stereocenters. The fourth-order valence-corrected chi connectivity index (χ4v) is 1.97. The third-order valence-electron chi connectivity index (χ3n) is 3.33. The molecule has 1 atom stereocenters. The van der Waals surface area contributed by atoms with Gasteiger partial charge in [0, 0.05) is 7.11 Å². The van der Waals surface area contributed by atoms with Crippen molar-refractivity contribution in [3.63, 3.8) is 0 Å². The summed E-state index contributed by atoms with van der Waals surface area (Å²) >= 11 is 0. The van der Waals surface area contributed by atoms with Crippen molar-refractivity contribution in [1.82, 2.24) is 5.32 Å². The molecular weight excluding hydrogens is 226 g/mol. The van der Waals surface area contributed by atoms with Crippen molar-refractivity contribution >= 4 is 0 Å². The van der Waals surface area contributed by atoms with Crippen LogP contribution in [0, 0.1) is 13.8 Å². The van der Waals surface area contributed by atoms with Gasteiger partial charge < -0.3 is 14.8 Å². The lowest BCUT2D eigenvalue weighted by Gasteiger charge is -2.32. The maximum atomic E-state index is 5.87. The molecule has 0 aliphatic heterocycles. The zero-order valence-corrected chi connectivity index (χ0v) is 12.3. The summed E-state index contributed by atoms with van der Waals surface area (Å²) in [5.41, 5.74) is 2.18. The molecule has 0 aliphatic carbocycles. The second kappa shape index (κ2) is 6.21. The molecule has 0 saturated heterocycles. The fraction of sp³-hybridized carbons (Fsp3) is 0.600. The van der Waals surface area contributed by atoms with Gasteiger partial charge in [0.15, 0.2) is 0 Å². The average molecular weight is 251 g/mol. The van der Waals surface area contributed by atoms with Gasteiger partial charge in [-0.3, -0.25) is 0 Å². The van der Waals surface area contributed by atoms with Crippen molar-refractivity contribution in [2.24, 2.45) is 0 Å². The van der Waals surface area contributed by atoms with Gasteiger partial charge in [-0.1, -0.05) is 6.07 Å². The van der Waals surface area contributed by atoms with Crippen LogP contribution in [0.2, 0.25) is 0 Å². The normalized spacial score (nSPS) is 13.4. The predicted molar refractivity (Wildman–Crippen MR) is 75.3 cm³/mol. The molecule has 0 fully saturated rings. The third kappa shape index (κ3) is 4.00. The molecular formula is C15H25NO2. The minimum Gasteiger partial charge on any atom is -0.492 e. The van der Waals surface area contributed by atoms with Crippen LogP contribution in [0.3, 0.4) is 0 Å². The van der Waals surface area contributed by atoms with Crippen LogP contribution in [-0.2, 0) is 4.74 Å². The van der Waals surface area contributed by atoms with Crippen LogP contribution >= 0.6 is 0 Å². The van der Waals surface area contributed by atoms with E-state index in [4.69, 9.17) is 9.47 Å². The Balaban J connectivity index is 2.68. The van der Waals surface area contributed by atoms with Crippen LogP contribution in [0.5, 0.6) is 5.75 Å². The number of methoxy groups -OCH3 is 1. The fourth-order valence-electron chi connectivity index (χ4n) is 1.97. The first kappa shape index (κ1) is 15.0. The monoisotopic (exact) mass is 251 g/mol. The summed E-state index contributed by atoms with van der Waals surface area (Å²) in [4.78, 5) is 0. The lowest BCUT2D eigenvalue weighted by molar-refractivity contribution is -0.0204. The minimum atomic E-state index is -0.256. The summed E-state index contributed by atoms with van der Waals surface area (Å²) in [7, 11) is 3.65. The number of ether oxygens (including phenoxy) is 2. The van der Waals surface area contributed by atoms with Crippen molar-refractivity contribution in [3.8, 4) is 5.75 Å². The molecule has 1 N–H and O–H groups in total. The number of benzene rings is 1. The van der Waals surface area contributed by atoms with E-state index in [2.05, 4.69) is 51.2 Å². The molecule has 0 aromatic heterocycles. The zero-order valence-electron chi connectivity index (χ0n) is 12.3. The highest BCUT2D eigenvalue weighted by atomic mass is 16.5. The van der Waals surface area contributed by atoms with Gasteiger partial charge in [-0.2, -0.15) is 0 Å². The molecule has 1 aromatic rings. The summed E-state index contributed by atoms with van der Waals surface area (Å²) in [6.07, 6.45) is 0. The summed E-state index contributed by atoms with van der Waals surface area (Å²) in [6.45, 7) is 8.85.